The van der Waals surface area contributed by atoms with Crippen LogP contribution in [0.25, 0.3) is 11.0 Å². The average Bonchev–Trinajstić information content (AvgIpc) is 3.08. The summed E-state index contributed by atoms with van der Waals surface area (Å²) in [6.07, 6.45) is 1.93. The fourth-order valence-corrected chi connectivity index (χ4v) is 3.01. The number of carbonyl (C=O) groups excluding carboxylic acids is 1. The topological polar surface area (TPSA) is 48.7 Å². The van der Waals surface area contributed by atoms with E-state index in [0.29, 0.717) is 24.9 Å². The first kappa shape index (κ1) is 18.1. The molecule has 0 unspecified atom stereocenters. The molecule has 0 bridgehead atoms. The quantitative estimate of drug-likeness (QED) is 0.546. The van der Waals surface area contributed by atoms with E-state index in [0.717, 1.165) is 22.1 Å². The Hall–Kier alpha value is -2.75. The van der Waals surface area contributed by atoms with Gasteiger partial charge in [0, 0.05) is 10.9 Å². The number of hydrogen-bond donors (Lipinski definition) is 0. The Morgan fingerprint density at radius 3 is 2.73 bits per heavy atom. The molecule has 0 N–H and O–H groups in total. The van der Waals surface area contributed by atoms with E-state index in [1.54, 1.807) is 13.2 Å². The fraction of sp³-hybridized carbons (Fsp3) is 0.318. The molecule has 2 aromatic carbocycles. The highest BCUT2D eigenvalue weighted by molar-refractivity contribution is 5.81. The van der Waals surface area contributed by atoms with Crippen molar-refractivity contribution < 1.29 is 18.7 Å². The minimum absolute atomic E-state index is 0.210. The van der Waals surface area contributed by atoms with Gasteiger partial charge in [0.2, 0.25) is 0 Å². The molecule has 0 saturated carbocycles. The number of fused-ring (bicyclic) bond motifs is 1. The van der Waals surface area contributed by atoms with Gasteiger partial charge in [-0.25, -0.2) is 0 Å². The van der Waals surface area contributed by atoms with Crippen LogP contribution >= 0.6 is 0 Å². The highest BCUT2D eigenvalue weighted by Gasteiger charge is 2.13. The molecule has 3 aromatic rings. The highest BCUT2D eigenvalue weighted by Crippen LogP contribution is 2.29. The van der Waals surface area contributed by atoms with Crippen LogP contribution in [-0.2, 0) is 22.6 Å². The Bertz CT molecular complexity index is 892. The van der Waals surface area contributed by atoms with Crippen LogP contribution in [0.3, 0.4) is 0 Å². The second kappa shape index (κ2) is 8.09. The standard InChI is InChI=1S/C22H24O4/c1-4-24-21(23)13-17-7-5-6-8-20(17)26-14-16-11-18-9-10-25-22(18)19(12-16)15(2)3/h5-12,15H,4,13-14H2,1-3H3. The lowest BCUT2D eigenvalue weighted by Crippen LogP contribution is -2.09. The van der Waals surface area contributed by atoms with Gasteiger partial charge in [0.15, 0.2) is 0 Å². The summed E-state index contributed by atoms with van der Waals surface area (Å²) < 4.78 is 16.7. The zero-order valence-electron chi connectivity index (χ0n) is 15.5. The van der Waals surface area contributed by atoms with E-state index < -0.39 is 0 Å². The number of furan rings is 1. The van der Waals surface area contributed by atoms with Crippen molar-refractivity contribution in [3.63, 3.8) is 0 Å². The summed E-state index contributed by atoms with van der Waals surface area (Å²) in [4.78, 5) is 11.8. The maximum atomic E-state index is 11.8. The monoisotopic (exact) mass is 352 g/mol. The normalized spacial score (nSPS) is 11.1. The number of para-hydroxylation sites is 1. The molecular weight excluding hydrogens is 328 g/mol. The minimum atomic E-state index is -0.245. The molecule has 1 heterocycles. The maximum Gasteiger partial charge on any atom is 0.310 e. The van der Waals surface area contributed by atoms with Crippen molar-refractivity contribution in [1.82, 2.24) is 0 Å². The van der Waals surface area contributed by atoms with E-state index in [1.165, 1.54) is 5.56 Å². The Balaban J connectivity index is 1.79. The lowest BCUT2D eigenvalue weighted by atomic mass is 9.98. The van der Waals surface area contributed by atoms with Crippen LogP contribution in [0.1, 0.15) is 43.4 Å². The Morgan fingerprint density at radius 1 is 1.15 bits per heavy atom. The first-order valence-corrected chi connectivity index (χ1v) is 8.94. The average molecular weight is 352 g/mol. The summed E-state index contributed by atoms with van der Waals surface area (Å²) in [5.74, 6) is 0.823. The Kier molecular flexibility index (Phi) is 5.61. The van der Waals surface area contributed by atoms with Crippen molar-refractivity contribution in [2.24, 2.45) is 0 Å². The lowest BCUT2D eigenvalue weighted by molar-refractivity contribution is -0.142. The fourth-order valence-electron chi connectivity index (χ4n) is 3.01. The van der Waals surface area contributed by atoms with Gasteiger partial charge in [-0.2, -0.15) is 0 Å². The molecule has 0 amide bonds. The van der Waals surface area contributed by atoms with Crippen molar-refractivity contribution in [1.29, 1.82) is 0 Å². The van der Waals surface area contributed by atoms with Gasteiger partial charge in [-0.15, -0.1) is 0 Å². The molecule has 4 nitrogen and oxygen atoms in total. The third kappa shape index (κ3) is 4.07. The van der Waals surface area contributed by atoms with Crippen LogP contribution in [0.15, 0.2) is 53.1 Å². The second-order valence-electron chi connectivity index (χ2n) is 6.56. The summed E-state index contributed by atoms with van der Waals surface area (Å²) in [6, 6.07) is 13.8. The zero-order valence-corrected chi connectivity index (χ0v) is 15.5. The van der Waals surface area contributed by atoms with Gasteiger partial charge in [-0.05, 0) is 48.2 Å². The maximum absolute atomic E-state index is 11.8. The largest absolute Gasteiger partial charge is 0.489 e. The van der Waals surface area contributed by atoms with Crippen molar-refractivity contribution in [2.45, 2.75) is 39.7 Å². The first-order valence-electron chi connectivity index (χ1n) is 8.94. The summed E-state index contributed by atoms with van der Waals surface area (Å²) in [5.41, 5.74) is 4.02. The van der Waals surface area contributed by atoms with Crippen LogP contribution in [0.5, 0.6) is 5.75 Å². The Labute approximate surface area is 153 Å². The SMILES string of the molecule is CCOC(=O)Cc1ccccc1OCc1cc(C(C)C)c2occc2c1. The molecule has 4 heteroatoms. The number of hydrogen-bond acceptors (Lipinski definition) is 4. The molecule has 0 atom stereocenters. The van der Waals surface area contributed by atoms with Gasteiger partial charge in [0.05, 0.1) is 19.3 Å². The highest BCUT2D eigenvalue weighted by atomic mass is 16.5. The van der Waals surface area contributed by atoms with Crippen LogP contribution in [-0.4, -0.2) is 12.6 Å². The molecular formula is C22H24O4. The van der Waals surface area contributed by atoms with E-state index in [2.05, 4.69) is 26.0 Å². The van der Waals surface area contributed by atoms with E-state index >= 15 is 0 Å². The lowest BCUT2D eigenvalue weighted by Gasteiger charge is -2.13. The molecule has 0 spiro atoms. The number of esters is 1. The molecule has 26 heavy (non-hydrogen) atoms. The number of benzene rings is 2. The second-order valence-corrected chi connectivity index (χ2v) is 6.56. The smallest absolute Gasteiger partial charge is 0.310 e. The summed E-state index contributed by atoms with van der Waals surface area (Å²) in [7, 11) is 0. The molecule has 0 radical (unpaired) electrons. The van der Waals surface area contributed by atoms with Crippen LogP contribution in [0.2, 0.25) is 0 Å². The van der Waals surface area contributed by atoms with Crippen LogP contribution < -0.4 is 4.74 Å². The molecule has 0 aliphatic rings. The molecule has 0 aliphatic heterocycles. The summed E-state index contributed by atoms with van der Waals surface area (Å²) in [6.45, 7) is 6.91. The van der Waals surface area contributed by atoms with E-state index in [9.17, 15) is 4.79 Å². The van der Waals surface area contributed by atoms with Crippen molar-refractivity contribution in [3.05, 3.63) is 65.4 Å². The first-order chi connectivity index (χ1) is 12.6. The zero-order chi connectivity index (χ0) is 18.5. The van der Waals surface area contributed by atoms with Crippen LogP contribution in [0.4, 0.5) is 0 Å². The van der Waals surface area contributed by atoms with E-state index in [4.69, 9.17) is 13.9 Å². The van der Waals surface area contributed by atoms with Gasteiger partial charge >= 0.3 is 5.97 Å². The van der Waals surface area contributed by atoms with Gasteiger partial charge in [-0.3, -0.25) is 4.79 Å². The van der Waals surface area contributed by atoms with Crippen molar-refractivity contribution >= 4 is 16.9 Å². The number of ether oxygens (including phenoxy) is 2. The van der Waals surface area contributed by atoms with Crippen LogP contribution in [0, 0.1) is 0 Å². The predicted octanol–water partition coefficient (Wildman–Crippen LogP) is 5.24. The summed E-state index contributed by atoms with van der Waals surface area (Å²) in [5, 5.41) is 1.08. The van der Waals surface area contributed by atoms with Crippen molar-refractivity contribution in [2.75, 3.05) is 6.61 Å². The predicted molar refractivity (Wildman–Crippen MR) is 101 cm³/mol. The third-order valence-electron chi connectivity index (χ3n) is 4.27. The molecule has 0 fully saturated rings. The third-order valence-corrected chi connectivity index (χ3v) is 4.27. The molecule has 0 saturated heterocycles. The molecule has 0 aliphatic carbocycles. The van der Waals surface area contributed by atoms with Crippen molar-refractivity contribution in [3.8, 4) is 5.75 Å². The Morgan fingerprint density at radius 2 is 1.96 bits per heavy atom. The van der Waals surface area contributed by atoms with E-state index in [1.807, 2.05) is 30.3 Å². The number of carbonyl (C=O) groups is 1. The molecule has 1 aromatic heterocycles. The van der Waals surface area contributed by atoms with Gasteiger partial charge in [-0.1, -0.05) is 32.0 Å². The van der Waals surface area contributed by atoms with E-state index in [-0.39, 0.29) is 12.4 Å². The summed E-state index contributed by atoms with van der Waals surface area (Å²) >= 11 is 0. The van der Waals surface area contributed by atoms with Gasteiger partial charge in [0.25, 0.3) is 0 Å². The minimum Gasteiger partial charge on any atom is -0.489 e. The molecule has 3 rings (SSSR count). The van der Waals surface area contributed by atoms with Gasteiger partial charge < -0.3 is 13.9 Å². The molecule has 136 valence electrons. The van der Waals surface area contributed by atoms with Gasteiger partial charge in [0.1, 0.15) is 17.9 Å². The number of rotatable bonds is 7.